The zero-order valence-corrected chi connectivity index (χ0v) is 12.1. The Kier molecular flexibility index (Phi) is 3.41. The highest BCUT2D eigenvalue weighted by atomic mass is 16.3. The first-order valence-corrected chi connectivity index (χ1v) is 7.11. The van der Waals surface area contributed by atoms with Crippen molar-refractivity contribution in [2.45, 2.75) is 32.7 Å². The highest BCUT2D eigenvalue weighted by molar-refractivity contribution is 5.93. The zero-order valence-electron chi connectivity index (χ0n) is 12.1. The van der Waals surface area contributed by atoms with E-state index < -0.39 is 5.91 Å². The third-order valence-corrected chi connectivity index (χ3v) is 3.88. The van der Waals surface area contributed by atoms with Crippen molar-refractivity contribution in [3.05, 3.63) is 57.4 Å². The van der Waals surface area contributed by atoms with Crippen LogP contribution in [0.5, 0.6) is 0 Å². The molecule has 110 valence electrons. The lowest BCUT2D eigenvalue weighted by Crippen LogP contribution is -2.29. The lowest BCUT2D eigenvalue weighted by molar-refractivity contribution is 0.0946. The molecule has 0 aliphatic heterocycles. The minimum atomic E-state index is -0.394. The molecule has 21 heavy (non-hydrogen) atoms. The summed E-state index contributed by atoms with van der Waals surface area (Å²) in [5.74, 6) is 2.51. The molecule has 2 aromatic heterocycles. The number of aryl methyl sites for hydroxylation is 1. The SMILES string of the molecule is Cc1ccc(C(=O)NCc2ccc([C@@H]3C[C@@H]3C)o2)c(=O)[nH]1. The van der Waals surface area contributed by atoms with E-state index in [0.29, 0.717) is 17.6 Å². The molecule has 5 heteroatoms. The van der Waals surface area contributed by atoms with Crippen LogP contribution in [0, 0.1) is 12.8 Å². The summed E-state index contributed by atoms with van der Waals surface area (Å²) < 4.78 is 5.71. The van der Waals surface area contributed by atoms with Gasteiger partial charge in [-0.05, 0) is 43.5 Å². The number of H-pyrrole nitrogens is 1. The first kappa shape index (κ1) is 13.7. The van der Waals surface area contributed by atoms with Crippen LogP contribution >= 0.6 is 0 Å². The second kappa shape index (κ2) is 5.24. The van der Waals surface area contributed by atoms with Gasteiger partial charge < -0.3 is 14.7 Å². The van der Waals surface area contributed by atoms with E-state index in [1.807, 2.05) is 12.1 Å². The minimum absolute atomic E-state index is 0.114. The van der Waals surface area contributed by atoms with Gasteiger partial charge in [-0.25, -0.2) is 0 Å². The summed E-state index contributed by atoms with van der Waals surface area (Å²) in [7, 11) is 0. The summed E-state index contributed by atoms with van der Waals surface area (Å²) in [4.78, 5) is 26.3. The highest BCUT2D eigenvalue weighted by Crippen LogP contribution is 2.47. The third kappa shape index (κ3) is 2.91. The number of carbonyl (C=O) groups is 1. The molecule has 0 aromatic carbocycles. The van der Waals surface area contributed by atoms with Crippen LogP contribution in [0.15, 0.2) is 33.5 Å². The maximum Gasteiger partial charge on any atom is 0.260 e. The number of rotatable bonds is 4. The molecule has 1 amide bonds. The molecular weight excluding hydrogens is 268 g/mol. The van der Waals surface area contributed by atoms with Crippen LogP contribution in [0.4, 0.5) is 0 Å². The monoisotopic (exact) mass is 286 g/mol. The largest absolute Gasteiger partial charge is 0.464 e. The number of hydrogen-bond acceptors (Lipinski definition) is 3. The van der Waals surface area contributed by atoms with Gasteiger partial charge in [-0.15, -0.1) is 0 Å². The van der Waals surface area contributed by atoms with E-state index in [2.05, 4.69) is 17.2 Å². The Morgan fingerprint density at radius 2 is 2.14 bits per heavy atom. The van der Waals surface area contributed by atoms with Crippen molar-refractivity contribution >= 4 is 5.91 Å². The molecule has 2 N–H and O–H groups in total. The number of aromatic nitrogens is 1. The molecule has 0 saturated heterocycles. The second-order valence-corrected chi connectivity index (χ2v) is 5.69. The van der Waals surface area contributed by atoms with E-state index >= 15 is 0 Å². The Hall–Kier alpha value is -2.30. The lowest BCUT2D eigenvalue weighted by Gasteiger charge is -2.03. The van der Waals surface area contributed by atoms with Crippen LogP contribution in [0.2, 0.25) is 0 Å². The van der Waals surface area contributed by atoms with Crippen LogP contribution < -0.4 is 10.9 Å². The fourth-order valence-corrected chi connectivity index (χ4v) is 2.42. The van der Waals surface area contributed by atoms with E-state index in [0.717, 1.165) is 17.9 Å². The Balaban J connectivity index is 1.63. The van der Waals surface area contributed by atoms with Crippen LogP contribution in [0.3, 0.4) is 0 Å². The number of aromatic amines is 1. The van der Waals surface area contributed by atoms with Crippen molar-refractivity contribution < 1.29 is 9.21 Å². The number of pyridine rings is 1. The highest BCUT2D eigenvalue weighted by Gasteiger charge is 2.36. The van der Waals surface area contributed by atoms with Crippen LogP contribution in [-0.4, -0.2) is 10.9 Å². The van der Waals surface area contributed by atoms with Crippen LogP contribution in [0.25, 0.3) is 0 Å². The Bertz CT molecular complexity index is 729. The number of carbonyl (C=O) groups excluding carboxylic acids is 1. The van der Waals surface area contributed by atoms with Crippen molar-refractivity contribution in [3.63, 3.8) is 0 Å². The summed E-state index contributed by atoms with van der Waals surface area (Å²) in [6.45, 7) is 4.25. The fraction of sp³-hybridized carbons (Fsp3) is 0.375. The molecule has 2 aromatic rings. The maximum absolute atomic E-state index is 12.0. The predicted molar refractivity (Wildman–Crippen MR) is 78.2 cm³/mol. The topological polar surface area (TPSA) is 75.1 Å². The molecule has 1 aliphatic carbocycles. The third-order valence-electron chi connectivity index (χ3n) is 3.88. The van der Waals surface area contributed by atoms with Crippen molar-refractivity contribution in [2.75, 3.05) is 0 Å². The van der Waals surface area contributed by atoms with Crippen LogP contribution in [0.1, 0.15) is 46.8 Å². The van der Waals surface area contributed by atoms with Crippen molar-refractivity contribution in [1.82, 2.24) is 10.3 Å². The van der Waals surface area contributed by atoms with Gasteiger partial charge >= 0.3 is 0 Å². The summed E-state index contributed by atoms with van der Waals surface area (Å²) in [6.07, 6.45) is 1.16. The average Bonchev–Trinajstić information content (AvgIpc) is 2.99. The van der Waals surface area contributed by atoms with E-state index in [1.165, 1.54) is 6.07 Å². The standard InChI is InChI=1S/C16H18N2O3/c1-9-7-13(9)14-6-4-11(21-14)8-17-15(19)12-5-3-10(2)18-16(12)20/h3-6,9,13H,7-8H2,1-2H3,(H,17,19)(H,18,20)/t9-,13+/m0/s1. The molecule has 1 aliphatic rings. The quantitative estimate of drug-likeness (QED) is 0.905. The fourth-order valence-electron chi connectivity index (χ4n) is 2.42. The molecule has 3 rings (SSSR count). The summed E-state index contributed by atoms with van der Waals surface area (Å²) in [5, 5.41) is 2.71. The first-order valence-electron chi connectivity index (χ1n) is 7.11. The van der Waals surface area contributed by atoms with Gasteiger partial charge in [0, 0.05) is 11.6 Å². The molecular formula is C16H18N2O3. The number of furan rings is 1. The smallest absolute Gasteiger partial charge is 0.260 e. The average molecular weight is 286 g/mol. The molecule has 0 bridgehead atoms. The molecule has 0 unspecified atom stereocenters. The van der Waals surface area contributed by atoms with Gasteiger partial charge in [-0.3, -0.25) is 9.59 Å². The molecule has 2 heterocycles. The van der Waals surface area contributed by atoms with E-state index in [-0.39, 0.29) is 17.7 Å². The van der Waals surface area contributed by atoms with Gasteiger partial charge in [0.15, 0.2) is 0 Å². The molecule has 0 spiro atoms. The molecule has 1 saturated carbocycles. The maximum atomic E-state index is 12.0. The minimum Gasteiger partial charge on any atom is -0.464 e. The van der Waals surface area contributed by atoms with Crippen LogP contribution in [-0.2, 0) is 6.54 Å². The van der Waals surface area contributed by atoms with Gasteiger partial charge in [0.1, 0.15) is 17.1 Å². The normalized spacial score (nSPS) is 20.3. The summed E-state index contributed by atoms with van der Waals surface area (Å²) in [5.41, 5.74) is 0.466. The zero-order chi connectivity index (χ0) is 15.0. The van der Waals surface area contributed by atoms with Gasteiger partial charge in [0.2, 0.25) is 0 Å². The Morgan fingerprint density at radius 3 is 2.81 bits per heavy atom. The number of amides is 1. The molecule has 1 fully saturated rings. The van der Waals surface area contributed by atoms with Gasteiger partial charge in [-0.2, -0.15) is 0 Å². The summed E-state index contributed by atoms with van der Waals surface area (Å²) >= 11 is 0. The lowest BCUT2D eigenvalue weighted by atomic mass is 10.2. The number of nitrogens with one attached hydrogen (secondary N) is 2. The van der Waals surface area contributed by atoms with Gasteiger partial charge in [0.25, 0.3) is 11.5 Å². The van der Waals surface area contributed by atoms with E-state index in [9.17, 15) is 9.59 Å². The molecule has 2 atom stereocenters. The molecule has 0 radical (unpaired) electrons. The number of hydrogen-bond donors (Lipinski definition) is 2. The second-order valence-electron chi connectivity index (χ2n) is 5.69. The van der Waals surface area contributed by atoms with E-state index in [4.69, 9.17) is 4.42 Å². The summed E-state index contributed by atoms with van der Waals surface area (Å²) in [6, 6.07) is 7.08. The predicted octanol–water partition coefficient (Wildman–Crippen LogP) is 2.33. The Labute approximate surface area is 122 Å². The van der Waals surface area contributed by atoms with Gasteiger partial charge in [0.05, 0.1) is 6.54 Å². The van der Waals surface area contributed by atoms with Crippen molar-refractivity contribution in [2.24, 2.45) is 5.92 Å². The van der Waals surface area contributed by atoms with Gasteiger partial charge in [-0.1, -0.05) is 6.92 Å². The van der Waals surface area contributed by atoms with Crippen molar-refractivity contribution in [1.29, 1.82) is 0 Å². The van der Waals surface area contributed by atoms with E-state index in [1.54, 1.807) is 13.0 Å². The first-order chi connectivity index (χ1) is 10.0. The Morgan fingerprint density at radius 1 is 1.38 bits per heavy atom. The molecule has 5 nitrogen and oxygen atoms in total. The van der Waals surface area contributed by atoms with Crippen molar-refractivity contribution in [3.8, 4) is 0 Å².